The maximum atomic E-state index is 12.3. The highest BCUT2D eigenvalue weighted by atomic mass is 16.1. The van der Waals surface area contributed by atoms with Crippen molar-refractivity contribution >= 4 is 5.91 Å². The molecule has 1 N–H and O–H groups in total. The number of aryl methyl sites for hydroxylation is 2. The van der Waals surface area contributed by atoms with Crippen molar-refractivity contribution in [3.63, 3.8) is 0 Å². The highest BCUT2D eigenvalue weighted by Crippen LogP contribution is 2.24. The molecule has 2 nitrogen and oxygen atoms in total. The zero-order valence-electron chi connectivity index (χ0n) is 15.7. The van der Waals surface area contributed by atoms with Crippen LogP contribution in [0, 0.1) is 13.8 Å². The van der Waals surface area contributed by atoms with Crippen molar-refractivity contribution in [1.82, 2.24) is 5.32 Å². The minimum atomic E-state index is 0.0121. The number of carbonyl (C=O) groups is 1. The second-order valence-electron chi connectivity index (χ2n) is 7.76. The van der Waals surface area contributed by atoms with E-state index in [9.17, 15) is 4.79 Å². The molecule has 0 saturated heterocycles. The summed E-state index contributed by atoms with van der Waals surface area (Å²) in [7, 11) is 0. The summed E-state index contributed by atoms with van der Waals surface area (Å²) in [6, 6.07) is 14.7. The van der Waals surface area contributed by atoms with Gasteiger partial charge in [-0.1, -0.05) is 63.2 Å². The minimum absolute atomic E-state index is 0.0121. The highest BCUT2D eigenvalue weighted by Gasteiger charge is 2.15. The summed E-state index contributed by atoms with van der Waals surface area (Å²) in [5.74, 6) is 0.0608. The Kier molecular flexibility index (Phi) is 5.48. The molecular weight excluding hydrogens is 294 g/mol. The molecule has 2 rings (SSSR count). The molecule has 0 aromatic heterocycles. The van der Waals surface area contributed by atoms with Gasteiger partial charge in [0.1, 0.15) is 0 Å². The van der Waals surface area contributed by atoms with Gasteiger partial charge >= 0.3 is 0 Å². The van der Waals surface area contributed by atoms with E-state index < -0.39 is 0 Å². The lowest BCUT2D eigenvalue weighted by molar-refractivity contribution is -0.121. The van der Waals surface area contributed by atoms with Crippen molar-refractivity contribution in [2.75, 3.05) is 0 Å². The molecule has 1 amide bonds. The summed E-state index contributed by atoms with van der Waals surface area (Å²) in [4.78, 5) is 12.3. The number of nitrogens with one attached hydrogen (secondary N) is 1. The Balaban J connectivity index is 1.99. The number of rotatable bonds is 4. The Morgan fingerprint density at radius 3 is 2.17 bits per heavy atom. The Labute approximate surface area is 146 Å². The van der Waals surface area contributed by atoms with Gasteiger partial charge in [-0.25, -0.2) is 0 Å². The van der Waals surface area contributed by atoms with Gasteiger partial charge in [-0.2, -0.15) is 0 Å². The Bertz CT molecular complexity index is 708. The van der Waals surface area contributed by atoms with Gasteiger partial charge in [-0.3, -0.25) is 4.79 Å². The summed E-state index contributed by atoms with van der Waals surface area (Å²) < 4.78 is 0. The smallest absolute Gasteiger partial charge is 0.224 e. The van der Waals surface area contributed by atoms with Gasteiger partial charge in [-0.15, -0.1) is 0 Å². The van der Waals surface area contributed by atoms with Crippen LogP contribution in [-0.2, 0) is 16.6 Å². The van der Waals surface area contributed by atoms with E-state index in [4.69, 9.17) is 0 Å². The molecule has 0 radical (unpaired) electrons. The normalized spacial score (nSPS) is 12.8. The van der Waals surface area contributed by atoms with Crippen LogP contribution in [0.25, 0.3) is 0 Å². The monoisotopic (exact) mass is 323 g/mol. The van der Waals surface area contributed by atoms with Crippen molar-refractivity contribution in [3.05, 3.63) is 70.3 Å². The van der Waals surface area contributed by atoms with Gasteiger partial charge in [0.25, 0.3) is 0 Å². The lowest BCUT2D eigenvalue weighted by Gasteiger charge is -2.21. The first-order valence-electron chi connectivity index (χ1n) is 8.63. The summed E-state index contributed by atoms with van der Waals surface area (Å²) in [6.07, 6.45) is 0.422. The average molecular weight is 323 g/mol. The van der Waals surface area contributed by atoms with Gasteiger partial charge < -0.3 is 5.32 Å². The highest BCUT2D eigenvalue weighted by molar-refractivity contribution is 5.79. The predicted molar refractivity (Wildman–Crippen MR) is 101 cm³/mol. The lowest BCUT2D eigenvalue weighted by Crippen LogP contribution is -2.28. The van der Waals surface area contributed by atoms with Gasteiger partial charge in [0.15, 0.2) is 0 Å². The van der Waals surface area contributed by atoms with Crippen LogP contribution >= 0.6 is 0 Å². The summed E-state index contributed by atoms with van der Waals surface area (Å²) in [6.45, 7) is 12.8. The van der Waals surface area contributed by atoms with Gasteiger partial charge in [-0.05, 0) is 54.0 Å². The number of amides is 1. The Morgan fingerprint density at radius 1 is 1.00 bits per heavy atom. The molecule has 2 aromatic carbocycles. The van der Waals surface area contributed by atoms with Gasteiger partial charge in [0, 0.05) is 0 Å². The zero-order valence-corrected chi connectivity index (χ0v) is 15.7. The Morgan fingerprint density at radius 2 is 1.62 bits per heavy atom. The molecule has 128 valence electrons. The topological polar surface area (TPSA) is 29.1 Å². The van der Waals surface area contributed by atoms with Gasteiger partial charge in [0.2, 0.25) is 5.91 Å². The van der Waals surface area contributed by atoms with Crippen LogP contribution in [0.3, 0.4) is 0 Å². The molecular formula is C22H29NO. The van der Waals surface area contributed by atoms with Crippen molar-refractivity contribution < 1.29 is 4.79 Å². The van der Waals surface area contributed by atoms with Crippen LogP contribution in [0.1, 0.15) is 61.6 Å². The van der Waals surface area contributed by atoms with Crippen LogP contribution < -0.4 is 5.32 Å². The number of hydrogen-bond acceptors (Lipinski definition) is 1. The molecule has 0 spiro atoms. The van der Waals surface area contributed by atoms with Crippen molar-refractivity contribution in [1.29, 1.82) is 0 Å². The van der Waals surface area contributed by atoms with Crippen LogP contribution in [0.4, 0.5) is 0 Å². The fourth-order valence-corrected chi connectivity index (χ4v) is 2.75. The van der Waals surface area contributed by atoms with Crippen molar-refractivity contribution in [2.45, 2.75) is 59.4 Å². The third-order valence-electron chi connectivity index (χ3n) is 4.59. The van der Waals surface area contributed by atoms with E-state index in [1.54, 1.807) is 0 Å². The van der Waals surface area contributed by atoms with Crippen LogP contribution in [0.2, 0.25) is 0 Å². The van der Waals surface area contributed by atoms with Crippen LogP contribution in [-0.4, -0.2) is 5.91 Å². The fraction of sp³-hybridized carbons (Fsp3) is 0.409. The second-order valence-corrected chi connectivity index (χ2v) is 7.76. The quantitative estimate of drug-likeness (QED) is 0.841. The number of hydrogen-bond donors (Lipinski definition) is 1. The molecule has 0 bridgehead atoms. The number of carbonyl (C=O) groups excluding carboxylic acids is 1. The summed E-state index contributed by atoms with van der Waals surface area (Å²) >= 11 is 0. The molecule has 2 aromatic rings. The van der Waals surface area contributed by atoms with E-state index in [0.29, 0.717) is 6.42 Å². The predicted octanol–water partition coefficient (Wildman–Crippen LogP) is 5.02. The molecule has 2 heteroatoms. The van der Waals surface area contributed by atoms with E-state index in [0.717, 1.165) is 11.1 Å². The summed E-state index contributed by atoms with van der Waals surface area (Å²) in [5.41, 5.74) is 6.13. The molecule has 0 saturated carbocycles. The van der Waals surface area contributed by atoms with E-state index in [1.807, 2.05) is 13.0 Å². The van der Waals surface area contributed by atoms with E-state index in [-0.39, 0.29) is 17.4 Å². The molecule has 0 unspecified atom stereocenters. The number of benzene rings is 2. The average Bonchev–Trinajstić information content (AvgIpc) is 2.50. The first-order valence-corrected chi connectivity index (χ1v) is 8.63. The van der Waals surface area contributed by atoms with Crippen molar-refractivity contribution in [3.8, 4) is 0 Å². The first kappa shape index (κ1) is 18.3. The largest absolute Gasteiger partial charge is 0.349 e. The first-order chi connectivity index (χ1) is 11.2. The van der Waals surface area contributed by atoms with Crippen LogP contribution in [0.5, 0.6) is 0 Å². The standard InChI is InChI=1S/C22H29NO/c1-15-7-8-18(13-16(15)2)14-21(24)23-17(3)19-9-11-20(12-10-19)22(4,5)6/h7-13,17H,14H2,1-6H3,(H,23,24)/t17-/m0/s1. The minimum Gasteiger partial charge on any atom is -0.349 e. The van der Waals surface area contributed by atoms with Crippen LogP contribution in [0.15, 0.2) is 42.5 Å². The lowest BCUT2D eigenvalue weighted by atomic mass is 9.86. The Hall–Kier alpha value is -2.09. The third-order valence-corrected chi connectivity index (χ3v) is 4.59. The van der Waals surface area contributed by atoms with Crippen molar-refractivity contribution in [2.24, 2.45) is 0 Å². The fourth-order valence-electron chi connectivity index (χ4n) is 2.75. The summed E-state index contributed by atoms with van der Waals surface area (Å²) in [5, 5.41) is 3.10. The molecule has 0 aliphatic heterocycles. The molecule has 0 aliphatic rings. The molecule has 0 aliphatic carbocycles. The van der Waals surface area contributed by atoms with E-state index >= 15 is 0 Å². The molecule has 1 atom stereocenters. The van der Waals surface area contributed by atoms with E-state index in [1.165, 1.54) is 16.7 Å². The maximum absolute atomic E-state index is 12.3. The molecule has 0 fully saturated rings. The molecule has 24 heavy (non-hydrogen) atoms. The second kappa shape index (κ2) is 7.21. The van der Waals surface area contributed by atoms with E-state index in [2.05, 4.69) is 76.3 Å². The SMILES string of the molecule is Cc1ccc(CC(=O)N[C@@H](C)c2ccc(C(C)(C)C)cc2)cc1C. The maximum Gasteiger partial charge on any atom is 0.224 e. The van der Waals surface area contributed by atoms with Gasteiger partial charge in [0.05, 0.1) is 12.5 Å². The third kappa shape index (κ3) is 4.70. The molecule has 0 heterocycles. The zero-order chi connectivity index (χ0) is 17.9.